The Labute approximate surface area is 93.9 Å². The minimum atomic E-state index is -1.27. The lowest BCUT2D eigenvalue weighted by atomic mass is 10.0. The highest BCUT2D eigenvalue weighted by Crippen LogP contribution is 2.08. The van der Waals surface area contributed by atoms with Gasteiger partial charge in [0.15, 0.2) is 6.29 Å². The van der Waals surface area contributed by atoms with Crippen LogP contribution in [0, 0.1) is 6.42 Å². The summed E-state index contributed by atoms with van der Waals surface area (Å²) in [4.78, 5) is 0. The van der Waals surface area contributed by atoms with Crippen molar-refractivity contribution < 1.29 is 10.2 Å². The van der Waals surface area contributed by atoms with Gasteiger partial charge in [-0.2, -0.15) is 0 Å². The average Bonchev–Trinajstić information content (AvgIpc) is 2.22. The van der Waals surface area contributed by atoms with Gasteiger partial charge in [0.1, 0.15) is 0 Å². The van der Waals surface area contributed by atoms with Gasteiger partial charge in [-0.25, -0.2) is 0 Å². The average molecular weight is 216 g/mol. The van der Waals surface area contributed by atoms with Gasteiger partial charge in [0.25, 0.3) is 0 Å². The van der Waals surface area contributed by atoms with Crippen LogP contribution in [0.5, 0.6) is 0 Å². The molecule has 0 aromatic carbocycles. The maximum absolute atomic E-state index is 8.95. The second kappa shape index (κ2) is 9.13. The van der Waals surface area contributed by atoms with Crippen molar-refractivity contribution >= 4 is 0 Å². The monoisotopic (exact) mass is 216 g/mol. The largest absolute Gasteiger partial charge is 0.367 e. The molecule has 0 aromatic rings. The predicted octanol–water partition coefficient (Wildman–Crippen LogP) is 1.84. The molecule has 3 nitrogen and oxygen atoms in total. The van der Waals surface area contributed by atoms with Gasteiger partial charge in [-0.1, -0.05) is 39.5 Å². The molecule has 3 heteroatoms. The molecule has 15 heavy (non-hydrogen) atoms. The lowest BCUT2D eigenvalue weighted by Gasteiger charge is -2.23. The molecule has 0 aliphatic carbocycles. The van der Waals surface area contributed by atoms with E-state index >= 15 is 0 Å². The van der Waals surface area contributed by atoms with Crippen LogP contribution in [-0.2, 0) is 0 Å². The summed E-state index contributed by atoms with van der Waals surface area (Å²) in [6, 6.07) is 0.0241. The van der Waals surface area contributed by atoms with E-state index in [0.717, 1.165) is 6.42 Å². The molecular weight excluding hydrogens is 190 g/mol. The van der Waals surface area contributed by atoms with Gasteiger partial charge in [0.2, 0.25) is 0 Å². The van der Waals surface area contributed by atoms with Gasteiger partial charge in [0.05, 0.1) is 6.04 Å². The van der Waals surface area contributed by atoms with Crippen LogP contribution in [0.3, 0.4) is 0 Å². The first-order valence-electron chi connectivity index (χ1n) is 6.03. The molecule has 0 bridgehead atoms. The zero-order chi connectivity index (χ0) is 11.7. The number of aliphatic hydroxyl groups excluding tert-OH is 1. The molecule has 3 N–H and O–H groups in total. The van der Waals surface area contributed by atoms with Gasteiger partial charge in [0, 0.05) is 6.04 Å². The maximum atomic E-state index is 8.95. The summed E-state index contributed by atoms with van der Waals surface area (Å²) in [5.74, 6) is 0. The number of nitrogens with one attached hydrogen (secondary N) is 1. The second-order valence-electron chi connectivity index (χ2n) is 4.16. The lowest BCUT2D eigenvalue weighted by molar-refractivity contribution is -0.0642. The Morgan fingerprint density at radius 1 is 1.20 bits per heavy atom. The Hall–Kier alpha value is -0.120. The molecule has 2 unspecified atom stereocenters. The van der Waals surface area contributed by atoms with Crippen LogP contribution in [0.15, 0.2) is 0 Å². The molecule has 0 aliphatic heterocycles. The first kappa shape index (κ1) is 14.9. The first-order valence-corrected chi connectivity index (χ1v) is 6.03. The van der Waals surface area contributed by atoms with Gasteiger partial charge in [-0.05, 0) is 19.8 Å². The van der Waals surface area contributed by atoms with E-state index in [-0.39, 0.29) is 6.04 Å². The number of hydrogen-bond donors (Lipinski definition) is 3. The van der Waals surface area contributed by atoms with Crippen molar-refractivity contribution in [3.05, 3.63) is 6.42 Å². The maximum Gasteiger partial charge on any atom is 0.166 e. The Morgan fingerprint density at radius 3 is 2.33 bits per heavy atom. The van der Waals surface area contributed by atoms with E-state index in [1.807, 2.05) is 6.92 Å². The zero-order valence-corrected chi connectivity index (χ0v) is 10.2. The van der Waals surface area contributed by atoms with E-state index in [2.05, 4.69) is 18.7 Å². The van der Waals surface area contributed by atoms with Crippen LogP contribution < -0.4 is 5.32 Å². The third kappa shape index (κ3) is 7.77. The topological polar surface area (TPSA) is 52.5 Å². The van der Waals surface area contributed by atoms with Crippen LogP contribution in [0.4, 0.5) is 0 Å². The van der Waals surface area contributed by atoms with Gasteiger partial charge >= 0.3 is 0 Å². The molecule has 1 radical (unpaired) electrons. The lowest BCUT2D eigenvalue weighted by Crippen LogP contribution is -2.43. The molecule has 2 atom stereocenters. The molecule has 0 rings (SSSR count). The molecule has 0 saturated heterocycles. The highest BCUT2D eigenvalue weighted by atomic mass is 16.5. The van der Waals surface area contributed by atoms with Crippen molar-refractivity contribution in [2.45, 2.75) is 71.2 Å². The Kier molecular flexibility index (Phi) is 9.06. The van der Waals surface area contributed by atoms with Crippen molar-refractivity contribution in [2.75, 3.05) is 0 Å². The standard InChI is InChI=1S/C12H26NO2/c1-4-6-7-8-9-11(5-2)13-10(3)12(14)15/h5,10-15H,4,6-9H2,1-3H3. The van der Waals surface area contributed by atoms with E-state index < -0.39 is 6.29 Å². The summed E-state index contributed by atoms with van der Waals surface area (Å²) >= 11 is 0. The fraction of sp³-hybridized carbons (Fsp3) is 0.917. The van der Waals surface area contributed by atoms with Crippen LogP contribution in [0.25, 0.3) is 0 Å². The van der Waals surface area contributed by atoms with Gasteiger partial charge in [-0.15, -0.1) is 0 Å². The fourth-order valence-electron chi connectivity index (χ4n) is 1.56. The number of rotatable bonds is 9. The van der Waals surface area contributed by atoms with Crippen molar-refractivity contribution in [1.82, 2.24) is 5.32 Å². The number of hydrogen-bond acceptors (Lipinski definition) is 3. The normalized spacial score (nSPS) is 15.6. The van der Waals surface area contributed by atoms with Crippen LogP contribution in [0.1, 0.15) is 52.9 Å². The van der Waals surface area contributed by atoms with Crippen LogP contribution >= 0.6 is 0 Å². The highest BCUT2D eigenvalue weighted by Gasteiger charge is 2.14. The summed E-state index contributed by atoms with van der Waals surface area (Å²) < 4.78 is 0. The van der Waals surface area contributed by atoms with Gasteiger partial charge in [-0.3, -0.25) is 0 Å². The summed E-state index contributed by atoms with van der Waals surface area (Å²) in [5, 5.41) is 21.1. The smallest absolute Gasteiger partial charge is 0.166 e. The van der Waals surface area contributed by atoms with Crippen molar-refractivity contribution in [2.24, 2.45) is 0 Å². The molecule has 0 saturated carbocycles. The van der Waals surface area contributed by atoms with Gasteiger partial charge < -0.3 is 15.5 Å². The summed E-state index contributed by atoms with van der Waals surface area (Å²) in [6.45, 7) is 5.99. The molecule has 0 heterocycles. The van der Waals surface area contributed by atoms with Crippen LogP contribution in [-0.4, -0.2) is 28.6 Å². The molecule has 0 fully saturated rings. The van der Waals surface area contributed by atoms with E-state index in [9.17, 15) is 0 Å². The molecule has 0 spiro atoms. The number of unbranched alkanes of at least 4 members (excludes halogenated alkanes) is 3. The SMILES string of the molecule is C[CH]C(CCCCCC)NC(C)C(O)O. The zero-order valence-electron chi connectivity index (χ0n) is 10.2. The van der Waals surface area contributed by atoms with Crippen molar-refractivity contribution in [1.29, 1.82) is 0 Å². The van der Waals surface area contributed by atoms with Crippen molar-refractivity contribution in [3.8, 4) is 0 Å². The van der Waals surface area contributed by atoms with E-state index in [4.69, 9.17) is 10.2 Å². The molecule has 91 valence electrons. The summed E-state index contributed by atoms with van der Waals surface area (Å²) in [5.41, 5.74) is 0. The molecular formula is C12H26NO2. The fourth-order valence-corrected chi connectivity index (χ4v) is 1.56. The minimum absolute atomic E-state index is 0.266. The Bertz CT molecular complexity index is 140. The van der Waals surface area contributed by atoms with Crippen molar-refractivity contribution in [3.63, 3.8) is 0 Å². The van der Waals surface area contributed by atoms with E-state index in [1.54, 1.807) is 6.92 Å². The third-order valence-corrected chi connectivity index (χ3v) is 2.70. The van der Waals surface area contributed by atoms with E-state index in [1.165, 1.54) is 25.7 Å². The number of aliphatic hydroxyl groups is 2. The Balaban J connectivity index is 3.63. The quantitative estimate of drug-likeness (QED) is 0.407. The predicted molar refractivity (Wildman–Crippen MR) is 63.3 cm³/mol. The second-order valence-corrected chi connectivity index (χ2v) is 4.16. The third-order valence-electron chi connectivity index (χ3n) is 2.70. The summed E-state index contributed by atoms with van der Waals surface area (Å²) in [7, 11) is 0. The molecule has 0 aliphatic rings. The highest BCUT2D eigenvalue weighted by molar-refractivity contribution is 4.81. The molecule has 0 aromatic heterocycles. The van der Waals surface area contributed by atoms with Crippen LogP contribution in [0.2, 0.25) is 0 Å². The summed E-state index contributed by atoms with van der Waals surface area (Å²) in [6.07, 6.45) is 6.89. The first-order chi connectivity index (χ1) is 7.11. The molecule has 0 amide bonds. The minimum Gasteiger partial charge on any atom is -0.367 e. The Morgan fingerprint density at radius 2 is 1.87 bits per heavy atom. The van der Waals surface area contributed by atoms with E-state index in [0.29, 0.717) is 6.04 Å².